The van der Waals surface area contributed by atoms with E-state index in [2.05, 4.69) is 36.4 Å². The Bertz CT molecular complexity index is 4770. The van der Waals surface area contributed by atoms with Crippen molar-refractivity contribution in [3.05, 3.63) is 339 Å². The van der Waals surface area contributed by atoms with Gasteiger partial charge < -0.3 is 19.7 Å². The molecule has 0 atom stereocenters. The van der Waals surface area contributed by atoms with Crippen LogP contribution in [0.25, 0.3) is 134 Å². The van der Waals surface area contributed by atoms with Gasteiger partial charge in [0, 0.05) is 66.8 Å². The van der Waals surface area contributed by atoms with E-state index in [4.69, 9.17) is 32.7 Å². The molecule has 14 aromatic carbocycles. The topological polar surface area (TPSA) is 58.9 Å². The van der Waals surface area contributed by atoms with Crippen LogP contribution in [0, 0.1) is 23.3 Å². The third kappa shape index (κ3) is 14.3. The Kier molecular flexibility index (Phi) is 20.5. The number of ether oxygens (including phenoxy) is 2. The van der Waals surface area contributed by atoms with E-state index in [1.54, 1.807) is 62.8 Å². The van der Waals surface area contributed by atoms with Crippen LogP contribution in [-0.2, 0) is 0 Å². The SMILES string of the molecule is COc1c(-c2cccc(-c3ccccc3)c2)cccc1-c1cc(F)c(-c2cccc(-c3cccc(-c4ccccc4)c3)c2OC)cc1F.ClCCl.Oc1c(-c2cccc(-c3ccccc3)c2)cccc1-c1cc(F)c(-c2cccc(-c3cccc(-c4ccccc4)c3)c2O)cc1F. The second-order valence-electron chi connectivity index (χ2n) is 22.7. The molecule has 0 aliphatic rings. The van der Waals surface area contributed by atoms with Gasteiger partial charge in [-0.1, -0.05) is 267 Å². The molecule has 0 heterocycles. The number of phenols is 2. The number of rotatable bonds is 14. The molecule has 0 radical (unpaired) electrons. The highest BCUT2D eigenvalue weighted by molar-refractivity contribution is 6.40. The van der Waals surface area contributed by atoms with Crippen molar-refractivity contribution in [1.82, 2.24) is 0 Å². The molecule has 0 aliphatic carbocycles. The number of para-hydroxylation sites is 4. The fourth-order valence-corrected chi connectivity index (χ4v) is 12.3. The molecule has 10 heteroatoms. The highest BCUT2D eigenvalue weighted by Crippen LogP contribution is 2.47. The van der Waals surface area contributed by atoms with Gasteiger partial charge in [0.15, 0.2) is 0 Å². The van der Waals surface area contributed by atoms with Crippen LogP contribution >= 0.6 is 23.2 Å². The predicted octanol–water partition coefficient (Wildman–Crippen LogP) is 24.8. The van der Waals surface area contributed by atoms with Gasteiger partial charge in [0.05, 0.1) is 19.6 Å². The number of aromatic hydroxyl groups is 2. The molecule has 0 amide bonds. The molecule has 2 N–H and O–H groups in total. The van der Waals surface area contributed by atoms with Crippen LogP contribution in [0.4, 0.5) is 17.6 Å². The second-order valence-corrected chi connectivity index (χ2v) is 23.5. The average Bonchev–Trinajstić information content (AvgIpc) is 0.945. The van der Waals surface area contributed by atoms with Gasteiger partial charge in [-0.05, 0) is 115 Å². The zero-order valence-electron chi connectivity index (χ0n) is 52.7. The van der Waals surface area contributed by atoms with Gasteiger partial charge in [0.2, 0.25) is 0 Å². The quantitative estimate of drug-likeness (QED) is 0.0841. The van der Waals surface area contributed by atoms with Crippen LogP contribution in [0.3, 0.4) is 0 Å². The molecule has 476 valence electrons. The Morgan fingerprint density at radius 1 is 0.227 bits per heavy atom. The first kappa shape index (κ1) is 65.6. The molecule has 0 bridgehead atoms. The monoisotopic (exact) mass is 1320 g/mol. The van der Waals surface area contributed by atoms with Crippen molar-refractivity contribution in [3.63, 3.8) is 0 Å². The number of methoxy groups -OCH3 is 2. The molecule has 0 fully saturated rings. The molecule has 4 nitrogen and oxygen atoms in total. The minimum atomic E-state index is -0.724. The molecule has 0 aliphatic heterocycles. The molecule has 97 heavy (non-hydrogen) atoms. The van der Waals surface area contributed by atoms with Gasteiger partial charge in [-0.15, -0.1) is 23.2 Å². The Labute approximate surface area is 571 Å². The zero-order valence-corrected chi connectivity index (χ0v) is 54.2. The summed E-state index contributed by atoms with van der Waals surface area (Å²) in [5.41, 5.74) is 15.5. The third-order valence-electron chi connectivity index (χ3n) is 16.9. The van der Waals surface area contributed by atoms with E-state index in [0.717, 1.165) is 90.0 Å². The lowest BCUT2D eigenvalue weighted by molar-refractivity contribution is 0.417. The average molecular weight is 1320 g/mol. The summed E-state index contributed by atoms with van der Waals surface area (Å²) in [5, 5.41) is 22.9. The molecule has 0 unspecified atom stereocenters. The fourth-order valence-electron chi connectivity index (χ4n) is 12.3. The summed E-state index contributed by atoms with van der Waals surface area (Å²) in [5.74, 6) is -1.96. The third-order valence-corrected chi connectivity index (χ3v) is 16.9. The van der Waals surface area contributed by atoms with Crippen molar-refractivity contribution in [3.8, 4) is 157 Å². The Balaban J connectivity index is 0.000000178. The molecule has 14 rings (SSSR count). The van der Waals surface area contributed by atoms with Crippen molar-refractivity contribution in [2.75, 3.05) is 19.6 Å². The van der Waals surface area contributed by atoms with E-state index in [-0.39, 0.29) is 50.2 Å². The van der Waals surface area contributed by atoms with Crippen LogP contribution in [0.5, 0.6) is 23.0 Å². The molecule has 0 aromatic heterocycles. The van der Waals surface area contributed by atoms with Crippen molar-refractivity contribution in [1.29, 1.82) is 0 Å². The molecule has 0 spiro atoms. The molecule has 0 saturated carbocycles. The summed E-state index contributed by atoms with van der Waals surface area (Å²) >= 11 is 9.53. The van der Waals surface area contributed by atoms with Gasteiger partial charge in [-0.3, -0.25) is 0 Å². The summed E-state index contributed by atoms with van der Waals surface area (Å²) in [6.07, 6.45) is 0. The van der Waals surface area contributed by atoms with Crippen molar-refractivity contribution >= 4 is 23.2 Å². The molecule has 0 saturated heterocycles. The Morgan fingerprint density at radius 3 is 0.691 bits per heavy atom. The summed E-state index contributed by atoms with van der Waals surface area (Å²) in [6, 6.07) is 97.3. The van der Waals surface area contributed by atoms with Crippen LogP contribution in [0.1, 0.15) is 0 Å². The first-order valence-electron chi connectivity index (χ1n) is 31.2. The van der Waals surface area contributed by atoms with Gasteiger partial charge >= 0.3 is 0 Å². The zero-order chi connectivity index (χ0) is 67.4. The minimum absolute atomic E-state index is 0.0778. The minimum Gasteiger partial charge on any atom is -0.507 e. The maximum atomic E-state index is 16.2. The van der Waals surface area contributed by atoms with Gasteiger partial charge in [-0.25, -0.2) is 17.6 Å². The number of benzene rings is 14. The van der Waals surface area contributed by atoms with Gasteiger partial charge in [-0.2, -0.15) is 0 Å². The maximum absolute atomic E-state index is 16.2. The van der Waals surface area contributed by atoms with Crippen LogP contribution in [0.2, 0.25) is 0 Å². The number of hydrogen-bond donors (Lipinski definition) is 2. The lowest BCUT2D eigenvalue weighted by atomic mass is 9.92. The van der Waals surface area contributed by atoms with E-state index in [1.165, 1.54) is 12.1 Å². The standard InChI is InChI=1S/C44H32F2O2.C42H28F2O2.CH2Cl2/c1-47-43-35(33-19-9-17-31(25-33)29-13-5-3-6-14-29)21-11-23-37(43)39-27-42(46)40(28-41(39)45)38-24-12-22-36(44(38)48-2)34-20-10-18-32(26-34)30-15-7-4-8-16-30;43-39-26-38(36-22-10-20-34(42(36)46)32-18-8-16-30(24-32)28-13-5-2-6-14-28)40(44)25-37(39)35-21-9-19-33(41(35)45)31-17-7-15-29(23-31)27-11-3-1-4-12-27;2-1-3/h3-28H,1-2H3;1-26,45-46H;1H2. The molecule has 14 aromatic rings. The summed E-state index contributed by atoms with van der Waals surface area (Å²) in [7, 11) is 3.10. The predicted molar refractivity (Wildman–Crippen MR) is 391 cm³/mol. The smallest absolute Gasteiger partial charge is 0.134 e. The van der Waals surface area contributed by atoms with Crippen LogP contribution < -0.4 is 9.47 Å². The Hall–Kier alpha value is -11.4. The van der Waals surface area contributed by atoms with E-state index in [1.807, 2.05) is 206 Å². The lowest BCUT2D eigenvalue weighted by Gasteiger charge is -2.18. The molecular formula is C87H62Cl2F4O4. The maximum Gasteiger partial charge on any atom is 0.134 e. The van der Waals surface area contributed by atoms with Crippen molar-refractivity contribution < 1.29 is 37.2 Å². The fraction of sp³-hybridized carbons (Fsp3) is 0.0345. The Morgan fingerprint density at radius 2 is 0.423 bits per heavy atom. The highest BCUT2D eigenvalue weighted by Gasteiger charge is 2.24. The number of phenolic OH excluding ortho intramolecular Hbond substituents is 2. The van der Waals surface area contributed by atoms with Crippen molar-refractivity contribution in [2.45, 2.75) is 0 Å². The largest absolute Gasteiger partial charge is 0.507 e. The number of alkyl halides is 2. The first-order chi connectivity index (χ1) is 47.4. The summed E-state index contributed by atoms with van der Waals surface area (Å²) in [4.78, 5) is 0. The second kappa shape index (κ2) is 30.3. The van der Waals surface area contributed by atoms with E-state index in [0.29, 0.717) is 33.8 Å². The lowest BCUT2D eigenvalue weighted by Crippen LogP contribution is -1.98. The number of halogens is 6. The van der Waals surface area contributed by atoms with Crippen LogP contribution in [-0.4, -0.2) is 29.8 Å². The normalized spacial score (nSPS) is 10.8. The summed E-state index contributed by atoms with van der Waals surface area (Å²) < 4.78 is 75.8. The van der Waals surface area contributed by atoms with E-state index < -0.39 is 23.3 Å². The molecular weight excluding hydrogens is 1260 g/mol. The van der Waals surface area contributed by atoms with Gasteiger partial charge in [0.1, 0.15) is 46.3 Å². The van der Waals surface area contributed by atoms with Gasteiger partial charge in [0.25, 0.3) is 0 Å². The van der Waals surface area contributed by atoms with E-state index in [9.17, 15) is 10.2 Å². The highest BCUT2D eigenvalue weighted by atomic mass is 35.5. The van der Waals surface area contributed by atoms with E-state index >= 15 is 17.6 Å². The number of hydrogen-bond acceptors (Lipinski definition) is 4. The van der Waals surface area contributed by atoms with Crippen molar-refractivity contribution in [2.24, 2.45) is 0 Å². The van der Waals surface area contributed by atoms with Crippen LogP contribution in [0.15, 0.2) is 315 Å². The first-order valence-corrected chi connectivity index (χ1v) is 32.2. The summed E-state index contributed by atoms with van der Waals surface area (Å²) in [6.45, 7) is 0.